The average molecular weight is 255 g/mol. The topological polar surface area (TPSA) is 54.9 Å². The van der Waals surface area contributed by atoms with Gasteiger partial charge in [0.05, 0.1) is 18.8 Å². The number of rotatable bonds is 8. The van der Waals surface area contributed by atoms with E-state index in [0.717, 1.165) is 13.0 Å². The van der Waals surface area contributed by atoms with Gasteiger partial charge in [-0.3, -0.25) is 4.79 Å². The van der Waals surface area contributed by atoms with Gasteiger partial charge in [0.2, 0.25) is 0 Å². The molecule has 0 aromatic heterocycles. The molecule has 3 N–H and O–H groups in total. The summed E-state index contributed by atoms with van der Waals surface area (Å²) in [5.74, 6) is -0.612. The largest absolute Gasteiger partial charge is 0.382 e. The van der Waals surface area contributed by atoms with E-state index >= 15 is 0 Å². The Labute approximate surface area is 107 Å². The molecule has 0 saturated carbocycles. The van der Waals surface area contributed by atoms with E-state index in [0.29, 0.717) is 19.8 Å². The molecule has 0 unspecified atom stereocenters. The highest BCUT2D eigenvalue weighted by molar-refractivity contribution is 5.91. The monoisotopic (exact) mass is 255 g/mol. The van der Waals surface area contributed by atoms with Gasteiger partial charge in [-0.2, -0.15) is 0 Å². The van der Waals surface area contributed by atoms with Crippen LogP contribution in [0.2, 0.25) is 0 Å². The highest BCUT2D eigenvalue weighted by Crippen LogP contribution is 2.11. The van der Waals surface area contributed by atoms with Crippen LogP contribution in [0.3, 0.4) is 0 Å². The molecule has 1 aromatic rings. The summed E-state index contributed by atoms with van der Waals surface area (Å²) in [6.07, 6.45) is 0.904. The second-order valence-corrected chi connectivity index (χ2v) is 3.86. The number of halogens is 1. The number of carbonyl (C=O) groups excluding carboxylic acids is 1. The van der Waals surface area contributed by atoms with Crippen molar-refractivity contribution in [3.05, 3.63) is 30.1 Å². The molecule has 1 amide bonds. The summed E-state index contributed by atoms with van der Waals surface area (Å²) < 4.78 is 18.4. The van der Waals surface area contributed by atoms with Crippen LogP contribution in [0.1, 0.15) is 13.3 Å². The summed E-state index contributed by atoms with van der Waals surface area (Å²) in [7, 11) is 0. The first-order chi connectivity index (χ1) is 8.74. The van der Waals surface area contributed by atoms with Gasteiger partial charge in [0, 0.05) is 13.0 Å². The van der Waals surface area contributed by atoms with E-state index in [-0.39, 0.29) is 11.6 Å². The summed E-state index contributed by atoms with van der Waals surface area (Å²) in [5, 5.41) is 4.42. The van der Waals surface area contributed by atoms with Crippen LogP contribution in [-0.2, 0) is 9.53 Å². The molecule has 4 nitrogen and oxygen atoms in total. The standard InChI is InChI=1S/C13H19FN2O2/c1-2-18-9-5-8-15-10-13(17)16-12-7-4-3-6-11(12)14/h3-4,6-7,15H,2,5,8-10H2,1H3,(H,16,17)/p+1. The van der Waals surface area contributed by atoms with Crippen LogP contribution in [0.15, 0.2) is 24.3 Å². The zero-order valence-electron chi connectivity index (χ0n) is 10.6. The molecule has 0 bridgehead atoms. The van der Waals surface area contributed by atoms with Crippen LogP contribution in [0.25, 0.3) is 0 Å². The number of anilines is 1. The lowest BCUT2D eigenvalue weighted by atomic mass is 10.3. The predicted molar refractivity (Wildman–Crippen MR) is 67.8 cm³/mol. The first kappa shape index (κ1) is 14.6. The van der Waals surface area contributed by atoms with Crippen LogP contribution >= 0.6 is 0 Å². The highest BCUT2D eigenvalue weighted by Gasteiger charge is 2.07. The number of hydrogen-bond acceptors (Lipinski definition) is 2. The summed E-state index contributed by atoms with van der Waals surface area (Å²) >= 11 is 0. The number of nitrogens with two attached hydrogens (primary N) is 1. The number of carbonyl (C=O) groups is 1. The third-order valence-electron chi connectivity index (χ3n) is 2.38. The summed E-state index contributed by atoms with van der Waals surface area (Å²) in [6, 6.07) is 6.14. The zero-order chi connectivity index (χ0) is 13.2. The van der Waals surface area contributed by atoms with Crippen LogP contribution in [0, 0.1) is 5.82 Å². The van der Waals surface area contributed by atoms with Gasteiger partial charge in [-0.1, -0.05) is 12.1 Å². The molecular formula is C13H20FN2O2+. The van der Waals surface area contributed by atoms with Crippen molar-refractivity contribution in [3.8, 4) is 0 Å². The van der Waals surface area contributed by atoms with Crippen molar-refractivity contribution in [3.63, 3.8) is 0 Å². The van der Waals surface area contributed by atoms with Crippen molar-refractivity contribution in [2.24, 2.45) is 0 Å². The Morgan fingerprint density at radius 1 is 1.44 bits per heavy atom. The smallest absolute Gasteiger partial charge is 0.279 e. The Hall–Kier alpha value is -1.46. The first-order valence-electron chi connectivity index (χ1n) is 6.17. The number of benzene rings is 1. The number of hydrogen-bond donors (Lipinski definition) is 2. The summed E-state index contributed by atoms with van der Waals surface area (Å²) in [4.78, 5) is 11.5. The van der Waals surface area contributed by atoms with Gasteiger partial charge >= 0.3 is 0 Å². The Bertz CT molecular complexity index is 372. The third kappa shape index (κ3) is 5.75. The molecule has 0 fully saturated rings. The van der Waals surface area contributed by atoms with Crippen molar-refractivity contribution in [2.45, 2.75) is 13.3 Å². The highest BCUT2D eigenvalue weighted by atomic mass is 19.1. The molecule has 18 heavy (non-hydrogen) atoms. The molecule has 0 radical (unpaired) electrons. The van der Waals surface area contributed by atoms with Gasteiger partial charge in [0.15, 0.2) is 6.54 Å². The second-order valence-electron chi connectivity index (χ2n) is 3.86. The van der Waals surface area contributed by atoms with Crippen molar-refractivity contribution >= 4 is 11.6 Å². The first-order valence-corrected chi connectivity index (χ1v) is 6.17. The molecule has 1 rings (SSSR count). The predicted octanol–water partition coefficient (Wildman–Crippen LogP) is 0.754. The second kappa shape index (κ2) is 8.60. The molecular weight excluding hydrogens is 235 g/mol. The Balaban J connectivity index is 2.16. The van der Waals surface area contributed by atoms with E-state index in [1.165, 1.54) is 6.07 Å². The van der Waals surface area contributed by atoms with Crippen LogP contribution in [0.5, 0.6) is 0 Å². The quantitative estimate of drug-likeness (QED) is 0.674. The Kier molecular flexibility index (Phi) is 6.98. The minimum absolute atomic E-state index is 0.198. The minimum atomic E-state index is -0.415. The lowest BCUT2D eigenvalue weighted by Crippen LogP contribution is -2.86. The molecule has 0 saturated heterocycles. The summed E-state index contributed by atoms with van der Waals surface area (Å²) in [6.45, 7) is 4.49. The Morgan fingerprint density at radius 2 is 2.22 bits per heavy atom. The number of quaternary nitrogens is 1. The van der Waals surface area contributed by atoms with Gasteiger partial charge in [-0.15, -0.1) is 0 Å². The van der Waals surface area contributed by atoms with E-state index < -0.39 is 5.82 Å². The fraction of sp³-hybridized carbons (Fsp3) is 0.462. The van der Waals surface area contributed by atoms with Crippen molar-refractivity contribution in [2.75, 3.05) is 31.6 Å². The van der Waals surface area contributed by atoms with Crippen LogP contribution < -0.4 is 10.6 Å². The Morgan fingerprint density at radius 3 is 2.94 bits per heavy atom. The van der Waals surface area contributed by atoms with Gasteiger partial charge in [0.25, 0.3) is 5.91 Å². The number of nitrogens with one attached hydrogen (secondary N) is 1. The van der Waals surface area contributed by atoms with Crippen LogP contribution in [-0.4, -0.2) is 32.2 Å². The number of para-hydroxylation sites is 1. The van der Waals surface area contributed by atoms with E-state index in [9.17, 15) is 9.18 Å². The third-order valence-corrected chi connectivity index (χ3v) is 2.38. The maximum Gasteiger partial charge on any atom is 0.279 e. The summed E-state index contributed by atoms with van der Waals surface area (Å²) in [5.41, 5.74) is 0.227. The van der Waals surface area contributed by atoms with Crippen LogP contribution in [0.4, 0.5) is 10.1 Å². The molecule has 0 aliphatic heterocycles. The molecule has 100 valence electrons. The SMILES string of the molecule is CCOCCC[NH2+]CC(=O)Nc1ccccc1F. The molecule has 5 heteroatoms. The normalized spacial score (nSPS) is 10.3. The van der Waals surface area contributed by atoms with Crippen molar-refractivity contribution in [1.29, 1.82) is 0 Å². The molecule has 0 aliphatic rings. The molecule has 0 atom stereocenters. The molecule has 0 aliphatic carbocycles. The van der Waals surface area contributed by atoms with Gasteiger partial charge < -0.3 is 15.4 Å². The molecule has 0 heterocycles. The minimum Gasteiger partial charge on any atom is -0.382 e. The van der Waals surface area contributed by atoms with Gasteiger partial charge in [0.1, 0.15) is 5.82 Å². The number of ether oxygens (including phenoxy) is 1. The van der Waals surface area contributed by atoms with Crippen molar-refractivity contribution < 1.29 is 19.2 Å². The van der Waals surface area contributed by atoms with Gasteiger partial charge in [-0.05, 0) is 19.1 Å². The zero-order valence-corrected chi connectivity index (χ0v) is 10.6. The number of amides is 1. The van der Waals surface area contributed by atoms with E-state index in [4.69, 9.17) is 4.74 Å². The molecule has 0 spiro atoms. The maximum atomic E-state index is 13.2. The fourth-order valence-electron chi connectivity index (χ4n) is 1.47. The van der Waals surface area contributed by atoms with E-state index in [1.54, 1.807) is 18.2 Å². The lowest BCUT2D eigenvalue weighted by molar-refractivity contribution is -0.644. The van der Waals surface area contributed by atoms with E-state index in [1.807, 2.05) is 12.2 Å². The van der Waals surface area contributed by atoms with Gasteiger partial charge in [-0.25, -0.2) is 4.39 Å². The van der Waals surface area contributed by atoms with E-state index in [2.05, 4.69) is 5.32 Å². The maximum absolute atomic E-state index is 13.2. The molecule has 1 aromatic carbocycles. The van der Waals surface area contributed by atoms with Crippen molar-refractivity contribution in [1.82, 2.24) is 0 Å². The fourth-order valence-corrected chi connectivity index (χ4v) is 1.47. The average Bonchev–Trinajstić information content (AvgIpc) is 2.36. The lowest BCUT2D eigenvalue weighted by Gasteiger charge is -2.05.